The molecule has 0 radical (unpaired) electrons. The van der Waals surface area contributed by atoms with Gasteiger partial charge in [0.1, 0.15) is 0 Å². The van der Waals surface area contributed by atoms with Crippen molar-refractivity contribution in [3.8, 4) is 0 Å². The quantitative estimate of drug-likeness (QED) is 0.872. The Kier molecular flexibility index (Phi) is 4.45. The molecule has 4 heteroatoms. The Morgan fingerprint density at radius 3 is 2.60 bits per heavy atom. The number of nitrogens with two attached hydrogens (primary N) is 1. The second-order valence-corrected chi connectivity index (χ2v) is 5.68. The van der Waals surface area contributed by atoms with Crippen molar-refractivity contribution in [3.05, 3.63) is 63.6 Å². The number of halogens is 1. The van der Waals surface area contributed by atoms with Gasteiger partial charge in [-0.05, 0) is 42.3 Å². The molecule has 1 amide bonds. The van der Waals surface area contributed by atoms with Crippen molar-refractivity contribution in [2.24, 2.45) is 0 Å². The molecule has 3 nitrogen and oxygen atoms in total. The maximum absolute atomic E-state index is 12.5. The molecule has 0 aliphatic heterocycles. The van der Waals surface area contributed by atoms with Gasteiger partial charge in [0, 0.05) is 29.3 Å². The molecule has 0 saturated heterocycles. The molecule has 2 aromatic rings. The van der Waals surface area contributed by atoms with E-state index in [1.165, 1.54) is 0 Å². The van der Waals surface area contributed by atoms with Gasteiger partial charge in [-0.2, -0.15) is 0 Å². The summed E-state index contributed by atoms with van der Waals surface area (Å²) in [6.45, 7) is 2.46. The minimum absolute atomic E-state index is 0.00162. The first-order chi connectivity index (χ1) is 9.49. The van der Waals surface area contributed by atoms with Gasteiger partial charge in [0.15, 0.2) is 0 Å². The Morgan fingerprint density at radius 2 is 1.95 bits per heavy atom. The maximum atomic E-state index is 12.5. The van der Waals surface area contributed by atoms with Crippen LogP contribution < -0.4 is 5.73 Å². The first-order valence-corrected chi connectivity index (χ1v) is 7.13. The lowest BCUT2D eigenvalue weighted by Crippen LogP contribution is -2.27. The van der Waals surface area contributed by atoms with Gasteiger partial charge < -0.3 is 10.6 Å². The smallest absolute Gasteiger partial charge is 0.254 e. The van der Waals surface area contributed by atoms with Crippen molar-refractivity contribution in [2.75, 3.05) is 12.8 Å². The molecule has 2 N–H and O–H groups in total. The summed E-state index contributed by atoms with van der Waals surface area (Å²) in [5.74, 6) is -0.00162. The molecular weight excluding hydrogens is 316 g/mol. The predicted octanol–water partition coefficient (Wildman–Crippen LogP) is 3.61. The number of hydrogen-bond acceptors (Lipinski definition) is 2. The zero-order chi connectivity index (χ0) is 14.7. The van der Waals surface area contributed by atoms with Crippen molar-refractivity contribution in [3.63, 3.8) is 0 Å². The van der Waals surface area contributed by atoms with E-state index in [9.17, 15) is 4.79 Å². The van der Waals surface area contributed by atoms with Crippen LogP contribution >= 0.6 is 15.9 Å². The average Bonchev–Trinajstić information content (AvgIpc) is 2.40. The zero-order valence-corrected chi connectivity index (χ0v) is 13.1. The lowest BCUT2D eigenvalue weighted by Gasteiger charge is -2.19. The molecule has 0 heterocycles. The molecule has 20 heavy (non-hydrogen) atoms. The van der Waals surface area contributed by atoms with Crippen LogP contribution in [0.4, 0.5) is 5.69 Å². The predicted molar refractivity (Wildman–Crippen MR) is 85.5 cm³/mol. The van der Waals surface area contributed by atoms with E-state index in [-0.39, 0.29) is 5.91 Å². The van der Waals surface area contributed by atoms with Gasteiger partial charge in [-0.15, -0.1) is 0 Å². The Balaban J connectivity index is 2.19. The third kappa shape index (κ3) is 3.20. The fraction of sp³-hybridized carbons (Fsp3) is 0.188. The SMILES string of the molecule is Cc1cc(N)ccc1C(=O)N(C)Cc1ccccc1Br. The van der Waals surface area contributed by atoms with Gasteiger partial charge in [-0.3, -0.25) is 4.79 Å². The van der Waals surface area contributed by atoms with E-state index < -0.39 is 0 Å². The van der Waals surface area contributed by atoms with E-state index in [0.29, 0.717) is 17.8 Å². The van der Waals surface area contributed by atoms with Crippen LogP contribution in [0.3, 0.4) is 0 Å². The number of rotatable bonds is 3. The summed E-state index contributed by atoms with van der Waals surface area (Å²) in [5, 5.41) is 0. The second-order valence-electron chi connectivity index (χ2n) is 4.83. The first-order valence-electron chi connectivity index (χ1n) is 6.34. The number of nitrogen functional groups attached to an aromatic ring is 1. The number of benzene rings is 2. The van der Waals surface area contributed by atoms with E-state index in [0.717, 1.165) is 15.6 Å². The monoisotopic (exact) mass is 332 g/mol. The average molecular weight is 333 g/mol. The van der Waals surface area contributed by atoms with Gasteiger partial charge in [-0.1, -0.05) is 34.1 Å². The highest BCUT2D eigenvalue weighted by atomic mass is 79.9. The summed E-state index contributed by atoms with van der Waals surface area (Å²) < 4.78 is 1.01. The summed E-state index contributed by atoms with van der Waals surface area (Å²) in [6, 6.07) is 13.3. The van der Waals surface area contributed by atoms with Crippen LogP contribution in [0.15, 0.2) is 46.9 Å². The molecule has 2 rings (SSSR count). The normalized spacial score (nSPS) is 10.3. The zero-order valence-electron chi connectivity index (χ0n) is 11.6. The van der Waals surface area contributed by atoms with Crippen LogP contribution in [0.2, 0.25) is 0 Å². The Hall–Kier alpha value is -1.81. The summed E-state index contributed by atoms with van der Waals surface area (Å²) in [7, 11) is 1.80. The number of hydrogen-bond donors (Lipinski definition) is 1. The van der Waals surface area contributed by atoms with Gasteiger partial charge in [0.2, 0.25) is 0 Å². The third-order valence-electron chi connectivity index (χ3n) is 3.19. The Morgan fingerprint density at radius 1 is 1.25 bits per heavy atom. The molecule has 0 spiro atoms. The largest absolute Gasteiger partial charge is 0.399 e. The highest BCUT2D eigenvalue weighted by molar-refractivity contribution is 9.10. The topological polar surface area (TPSA) is 46.3 Å². The van der Waals surface area contributed by atoms with Crippen molar-refractivity contribution in [1.82, 2.24) is 4.90 Å². The van der Waals surface area contributed by atoms with E-state index in [4.69, 9.17) is 5.73 Å². The van der Waals surface area contributed by atoms with E-state index in [2.05, 4.69) is 15.9 Å². The molecular formula is C16H17BrN2O. The number of anilines is 1. The highest BCUT2D eigenvalue weighted by Crippen LogP contribution is 2.19. The van der Waals surface area contributed by atoms with Crippen molar-refractivity contribution < 1.29 is 4.79 Å². The lowest BCUT2D eigenvalue weighted by atomic mass is 10.1. The summed E-state index contributed by atoms with van der Waals surface area (Å²) in [5.41, 5.74) is 9.06. The fourth-order valence-corrected chi connectivity index (χ4v) is 2.50. The number of nitrogens with zero attached hydrogens (tertiary/aromatic N) is 1. The highest BCUT2D eigenvalue weighted by Gasteiger charge is 2.15. The molecule has 0 aliphatic rings. The number of carbonyl (C=O) groups is 1. The van der Waals surface area contributed by atoms with Crippen molar-refractivity contribution in [1.29, 1.82) is 0 Å². The summed E-state index contributed by atoms with van der Waals surface area (Å²) in [6.07, 6.45) is 0. The van der Waals surface area contributed by atoms with E-state index in [1.54, 1.807) is 24.1 Å². The standard InChI is InChI=1S/C16H17BrN2O/c1-11-9-13(18)7-8-14(11)16(20)19(2)10-12-5-3-4-6-15(12)17/h3-9H,10,18H2,1-2H3. The van der Waals surface area contributed by atoms with Crippen LogP contribution in [0.1, 0.15) is 21.5 Å². The van der Waals surface area contributed by atoms with Crippen LogP contribution in [0.5, 0.6) is 0 Å². The lowest BCUT2D eigenvalue weighted by molar-refractivity contribution is 0.0784. The summed E-state index contributed by atoms with van der Waals surface area (Å²) >= 11 is 3.50. The molecule has 0 saturated carbocycles. The molecule has 0 aromatic heterocycles. The van der Waals surface area contributed by atoms with Gasteiger partial charge in [0.25, 0.3) is 5.91 Å². The van der Waals surface area contributed by atoms with Gasteiger partial charge >= 0.3 is 0 Å². The molecule has 0 unspecified atom stereocenters. The maximum Gasteiger partial charge on any atom is 0.254 e. The van der Waals surface area contributed by atoms with Crippen LogP contribution in [-0.2, 0) is 6.54 Å². The molecule has 0 bridgehead atoms. The van der Waals surface area contributed by atoms with E-state index >= 15 is 0 Å². The summed E-state index contributed by atoms with van der Waals surface area (Å²) in [4.78, 5) is 14.2. The molecule has 2 aromatic carbocycles. The molecule has 0 fully saturated rings. The molecule has 104 valence electrons. The molecule has 0 aliphatic carbocycles. The minimum Gasteiger partial charge on any atom is -0.399 e. The van der Waals surface area contributed by atoms with Gasteiger partial charge in [0.05, 0.1) is 0 Å². The van der Waals surface area contributed by atoms with Crippen LogP contribution in [0, 0.1) is 6.92 Å². The second kappa shape index (κ2) is 6.09. The number of carbonyl (C=O) groups excluding carboxylic acids is 1. The Labute approximate surface area is 127 Å². The fourth-order valence-electron chi connectivity index (χ4n) is 2.09. The first kappa shape index (κ1) is 14.6. The third-order valence-corrected chi connectivity index (χ3v) is 3.97. The van der Waals surface area contributed by atoms with Crippen molar-refractivity contribution >= 4 is 27.5 Å². The number of aryl methyl sites for hydroxylation is 1. The van der Waals surface area contributed by atoms with Crippen LogP contribution in [-0.4, -0.2) is 17.9 Å². The minimum atomic E-state index is -0.00162. The van der Waals surface area contributed by atoms with E-state index in [1.807, 2.05) is 37.3 Å². The number of amides is 1. The van der Waals surface area contributed by atoms with Crippen molar-refractivity contribution in [2.45, 2.75) is 13.5 Å². The Bertz CT molecular complexity index is 640. The molecule has 0 atom stereocenters. The van der Waals surface area contributed by atoms with Crippen LogP contribution in [0.25, 0.3) is 0 Å². The van der Waals surface area contributed by atoms with Gasteiger partial charge in [-0.25, -0.2) is 0 Å².